The van der Waals surface area contributed by atoms with E-state index in [1.54, 1.807) is 42.6 Å². The van der Waals surface area contributed by atoms with Gasteiger partial charge in [-0.2, -0.15) is 0 Å². The fourth-order valence-electron chi connectivity index (χ4n) is 1.94. The molecule has 0 saturated carbocycles. The predicted molar refractivity (Wildman–Crippen MR) is 97.1 cm³/mol. The molecule has 0 fully saturated rings. The quantitative estimate of drug-likeness (QED) is 0.782. The van der Waals surface area contributed by atoms with Gasteiger partial charge in [0.1, 0.15) is 4.88 Å². The van der Waals surface area contributed by atoms with Crippen LogP contribution in [-0.4, -0.2) is 42.9 Å². The van der Waals surface area contributed by atoms with Crippen LogP contribution < -0.4 is 5.32 Å². The van der Waals surface area contributed by atoms with Crippen molar-refractivity contribution in [3.63, 3.8) is 0 Å². The molecule has 0 atom stereocenters. The van der Waals surface area contributed by atoms with E-state index < -0.39 is 24.4 Å². The summed E-state index contributed by atoms with van der Waals surface area (Å²) in [7, 11) is 1.46. The third kappa shape index (κ3) is 5.30. The van der Waals surface area contributed by atoms with Crippen LogP contribution in [0, 0.1) is 6.92 Å². The Balaban J connectivity index is 1.82. The maximum absolute atomic E-state index is 12.0. The molecule has 132 valence electrons. The summed E-state index contributed by atoms with van der Waals surface area (Å²) >= 11 is 7.22. The molecule has 1 N–H and O–H groups in total. The van der Waals surface area contributed by atoms with Gasteiger partial charge in [0, 0.05) is 7.05 Å². The maximum Gasteiger partial charge on any atom is 0.349 e. The van der Waals surface area contributed by atoms with Gasteiger partial charge in [-0.05, 0) is 36.1 Å². The van der Waals surface area contributed by atoms with Crippen molar-refractivity contribution in [2.75, 3.05) is 25.5 Å². The van der Waals surface area contributed by atoms with Gasteiger partial charge >= 0.3 is 5.97 Å². The van der Waals surface area contributed by atoms with Crippen LogP contribution in [0.2, 0.25) is 5.02 Å². The summed E-state index contributed by atoms with van der Waals surface area (Å²) in [5, 5.41) is 4.80. The molecule has 0 aliphatic heterocycles. The van der Waals surface area contributed by atoms with E-state index in [-0.39, 0.29) is 6.54 Å². The van der Waals surface area contributed by atoms with Crippen molar-refractivity contribution in [1.82, 2.24) is 4.90 Å². The van der Waals surface area contributed by atoms with Gasteiger partial charge < -0.3 is 15.0 Å². The number of nitrogens with zero attached hydrogens (tertiary/aromatic N) is 1. The number of ether oxygens (including phenoxy) is 1. The van der Waals surface area contributed by atoms with Crippen molar-refractivity contribution in [3.05, 3.63) is 51.2 Å². The molecule has 6 nitrogen and oxygen atoms in total. The van der Waals surface area contributed by atoms with Gasteiger partial charge in [0.15, 0.2) is 6.61 Å². The molecule has 1 aromatic heterocycles. The third-order valence-corrected chi connectivity index (χ3v) is 4.65. The normalized spacial score (nSPS) is 10.2. The number of carbonyl (C=O) groups is 3. The van der Waals surface area contributed by atoms with Crippen molar-refractivity contribution in [2.45, 2.75) is 6.92 Å². The first-order chi connectivity index (χ1) is 11.9. The number of amides is 2. The number of hydrogen-bond acceptors (Lipinski definition) is 5. The Hall–Kier alpha value is -2.38. The molecular formula is C17H17ClN2O4S. The second kappa shape index (κ2) is 8.64. The third-order valence-electron chi connectivity index (χ3n) is 3.33. The van der Waals surface area contributed by atoms with E-state index in [0.717, 1.165) is 5.56 Å². The summed E-state index contributed by atoms with van der Waals surface area (Å²) < 4.78 is 5.00. The number of rotatable bonds is 6. The molecule has 1 aromatic carbocycles. The van der Waals surface area contributed by atoms with Crippen molar-refractivity contribution in [3.8, 4) is 0 Å². The molecule has 25 heavy (non-hydrogen) atoms. The molecule has 0 radical (unpaired) electrons. The Morgan fingerprint density at radius 1 is 1.24 bits per heavy atom. The van der Waals surface area contributed by atoms with Gasteiger partial charge in [-0.1, -0.05) is 23.7 Å². The first-order valence-corrected chi connectivity index (χ1v) is 8.64. The number of aryl methyl sites for hydroxylation is 1. The molecule has 2 rings (SSSR count). The van der Waals surface area contributed by atoms with Crippen molar-refractivity contribution in [1.29, 1.82) is 0 Å². The van der Waals surface area contributed by atoms with Crippen molar-refractivity contribution in [2.24, 2.45) is 0 Å². The second-order valence-corrected chi connectivity index (χ2v) is 6.61. The van der Waals surface area contributed by atoms with Crippen LogP contribution in [0.3, 0.4) is 0 Å². The topological polar surface area (TPSA) is 75.7 Å². The van der Waals surface area contributed by atoms with E-state index >= 15 is 0 Å². The summed E-state index contributed by atoms with van der Waals surface area (Å²) in [4.78, 5) is 37.5. The van der Waals surface area contributed by atoms with E-state index in [4.69, 9.17) is 16.3 Å². The first-order valence-electron chi connectivity index (χ1n) is 7.38. The summed E-state index contributed by atoms with van der Waals surface area (Å²) in [6.07, 6.45) is 0. The summed E-state index contributed by atoms with van der Waals surface area (Å²) in [5.74, 6) is -1.42. The molecular weight excluding hydrogens is 364 g/mol. The van der Waals surface area contributed by atoms with Gasteiger partial charge in [0.25, 0.3) is 5.91 Å². The van der Waals surface area contributed by atoms with Gasteiger partial charge in [-0.15, -0.1) is 11.3 Å². The Morgan fingerprint density at radius 3 is 2.60 bits per heavy atom. The largest absolute Gasteiger partial charge is 0.451 e. The number of likely N-dealkylation sites (N-methyl/N-ethyl adjacent to an activating group) is 1. The molecule has 0 aliphatic carbocycles. The lowest BCUT2D eigenvalue weighted by Gasteiger charge is -2.17. The Bertz CT molecular complexity index is 790. The van der Waals surface area contributed by atoms with E-state index in [1.165, 1.54) is 23.3 Å². The highest BCUT2D eigenvalue weighted by Gasteiger charge is 2.18. The first kappa shape index (κ1) is 19.0. The van der Waals surface area contributed by atoms with Crippen LogP contribution in [0.1, 0.15) is 15.2 Å². The average Bonchev–Trinajstić information content (AvgIpc) is 3.00. The summed E-state index contributed by atoms with van der Waals surface area (Å²) in [6.45, 7) is 1.19. The molecule has 8 heteroatoms. The zero-order valence-corrected chi connectivity index (χ0v) is 15.3. The van der Waals surface area contributed by atoms with Crippen LogP contribution in [0.15, 0.2) is 35.7 Å². The fourth-order valence-corrected chi connectivity index (χ4v) is 2.94. The van der Waals surface area contributed by atoms with Crippen LogP contribution in [0.4, 0.5) is 5.69 Å². The minimum Gasteiger partial charge on any atom is -0.451 e. The second-order valence-electron chi connectivity index (χ2n) is 5.29. The standard InChI is InChI=1S/C17H17ClN2O4S/c1-11-7-8-25-16(11)17(23)24-10-15(22)20(2)9-14(21)19-13-6-4-3-5-12(13)18/h3-8H,9-10H2,1-2H3,(H,19,21). The van der Waals surface area contributed by atoms with E-state index in [1.807, 2.05) is 0 Å². The minimum atomic E-state index is -0.547. The highest BCUT2D eigenvalue weighted by atomic mass is 35.5. The van der Waals surface area contributed by atoms with Gasteiger partial charge in [-0.3, -0.25) is 9.59 Å². The smallest absolute Gasteiger partial charge is 0.349 e. The van der Waals surface area contributed by atoms with Crippen LogP contribution in [0.5, 0.6) is 0 Å². The van der Waals surface area contributed by atoms with Crippen LogP contribution in [0.25, 0.3) is 0 Å². The van der Waals surface area contributed by atoms with E-state index in [2.05, 4.69) is 5.32 Å². The van der Waals surface area contributed by atoms with Gasteiger partial charge in [-0.25, -0.2) is 4.79 Å². The number of para-hydroxylation sites is 1. The highest BCUT2D eigenvalue weighted by Crippen LogP contribution is 2.20. The van der Waals surface area contributed by atoms with E-state index in [0.29, 0.717) is 15.6 Å². The molecule has 0 bridgehead atoms. The minimum absolute atomic E-state index is 0.181. The lowest BCUT2D eigenvalue weighted by atomic mass is 10.3. The predicted octanol–water partition coefficient (Wildman–Crippen LogP) is 2.96. The monoisotopic (exact) mass is 380 g/mol. The molecule has 2 amide bonds. The maximum atomic E-state index is 12.0. The number of carbonyl (C=O) groups excluding carboxylic acids is 3. The Kier molecular flexibility index (Phi) is 6.55. The van der Waals surface area contributed by atoms with Gasteiger partial charge in [0.2, 0.25) is 5.91 Å². The summed E-state index contributed by atoms with van der Waals surface area (Å²) in [5.41, 5.74) is 1.27. The molecule has 2 aromatic rings. The molecule has 0 aliphatic rings. The summed E-state index contributed by atoms with van der Waals surface area (Å²) in [6, 6.07) is 8.60. The SMILES string of the molecule is Cc1ccsc1C(=O)OCC(=O)N(C)CC(=O)Nc1ccccc1Cl. The molecule has 0 saturated heterocycles. The zero-order chi connectivity index (χ0) is 18.4. The molecule has 0 spiro atoms. The number of hydrogen-bond donors (Lipinski definition) is 1. The zero-order valence-electron chi connectivity index (χ0n) is 13.7. The highest BCUT2D eigenvalue weighted by molar-refractivity contribution is 7.12. The lowest BCUT2D eigenvalue weighted by molar-refractivity contribution is -0.136. The number of benzene rings is 1. The van der Waals surface area contributed by atoms with Crippen LogP contribution in [-0.2, 0) is 14.3 Å². The lowest BCUT2D eigenvalue weighted by Crippen LogP contribution is -2.37. The average molecular weight is 381 g/mol. The van der Waals surface area contributed by atoms with E-state index in [9.17, 15) is 14.4 Å². The number of halogens is 1. The number of nitrogens with one attached hydrogen (secondary N) is 1. The Labute approximate surface area is 154 Å². The van der Waals surface area contributed by atoms with Crippen molar-refractivity contribution < 1.29 is 19.1 Å². The molecule has 1 heterocycles. The molecule has 0 unspecified atom stereocenters. The Morgan fingerprint density at radius 2 is 1.96 bits per heavy atom. The number of anilines is 1. The number of thiophene rings is 1. The van der Waals surface area contributed by atoms with Crippen LogP contribution >= 0.6 is 22.9 Å². The van der Waals surface area contributed by atoms with Crippen molar-refractivity contribution >= 4 is 46.4 Å². The number of esters is 1. The fraction of sp³-hybridized carbons (Fsp3) is 0.235. The van der Waals surface area contributed by atoms with Gasteiger partial charge in [0.05, 0.1) is 17.3 Å².